The van der Waals surface area contributed by atoms with Gasteiger partial charge in [0.15, 0.2) is 5.65 Å². The number of imidazole rings is 1. The van der Waals surface area contributed by atoms with Crippen molar-refractivity contribution in [1.82, 2.24) is 19.3 Å². The van der Waals surface area contributed by atoms with Crippen LogP contribution in [0.4, 0.5) is 4.39 Å². The molecule has 1 aromatic carbocycles. The molecule has 2 heterocycles. The number of rotatable bonds is 2. The number of benzene rings is 1. The Bertz CT molecular complexity index is 853. The Kier molecular flexibility index (Phi) is 3.53. The third kappa shape index (κ3) is 2.17. The number of nitrogens with zero attached hydrogens (tertiary/aromatic N) is 4. The van der Waals surface area contributed by atoms with Crippen LogP contribution in [0.15, 0.2) is 16.6 Å². The van der Waals surface area contributed by atoms with Gasteiger partial charge in [-0.1, -0.05) is 0 Å². The van der Waals surface area contributed by atoms with E-state index in [2.05, 4.69) is 26.0 Å². The van der Waals surface area contributed by atoms with Gasteiger partial charge in [-0.15, -0.1) is 11.6 Å². The van der Waals surface area contributed by atoms with Crippen LogP contribution in [0.25, 0.3) is 16.9 Å². The Balaban J connectivity index is 2.41. The summed E-state index contributed by atoms with van der Waals surface area (Å²) in [5, 5.41) is 4.37. The van der Waals surface area contributed by atoms with Gasteiger partial charge in [0.2, 0.25) is 0 Å². The molecule has 7 heteroatoms. The van der Waals surface area contributed by atoms with Crippen molar-refractivity contribution in [2.45, 2.75) is 19.7 Å². The number of hydrogen-bond donors (Lipinski definition) is 0. The summed E-state index contributed by atoms with van der Waals surface area (Å²) in [5.41, 5.74) is 4.07. The zero-order chi connectivity index (χ0) is 15.3. The van der Waals surface area contributed by atoms with Crippen molar-refractivity contribution in [1.29, 1.82) is 0 Å². The summed E-state index contributed by atoms with van der Waals surface area (Å²) < 4.78 is 18.0. The molecule has 0 amide bonds. The van der Waals surface area contributed by atoms with Gasteiger partial charge in [-0.2, -0.15) is 5.10 Å². The number of aryl methyl sites for hydroxylation is 3. The molecule has 4 nitrogen and oxygen atoms in total. The quantitative estimate of drug-likeness (QED) is 0.638. The van der Waals surface area contributed by atoms with E-state index in [0.29, 0.717) is 10.3 Å². The molecule has 0 aliphatic rings. The molecule has 0 aliphatic heterocycles. The maximum Gasteiger partial charge on any atom is 0.163 e. The van der Waals surface area contributed by atoms with Gasteiger partial charge >= 0.3 is 0 Å². The zero-order valence-corrected chi connectivity index (χ0v) is 14.1. The van der Waals surface area contributed by atoms with Crippen LogP contribution in [0, 0.1) is 19.7 Å². The van der Waals surface area contributed by atoms with Gasteiger partial charge in [-0.3, -0.25) is 4.57 Å². The van der Waals surface area contributed by atoms with Crippen LogP contribution < -0.4 is 0 Å². The highest BCUT2D eigenvalue weighted by atomic mass is 79.9. The Morgan fingerprint density at radius 2 is 2.05 bits per heavy atom. The second-order valence-electron chi connectivity index (χ2n) is 4.93. The summed E-state index contributed by atoms with van der Waals surface area (Å²) in [6.45, 7) is 3.82. The predicted octanol–water partition coefficient (Wildman–Crippen LogP) is 4.02. The molecule has 0 saturated carbocycles. The smallest absolute Gasteiger partial charge is 0.163 e. The lowest BCUT2D eigenvalue weighted by Gasteiger charge is -2.12. The second kappa shape index (κ2) is 5.10. The van der Waals surface area contributed by atoms with Crippen LogP contribution >= 0.6 is 27.5 Å². The van der Waals surface area contributed by atoms with Gasteiger partial charge in [0.05, 0.1) is 21.7 Å². The molecule has 3 aromatic rings. The van der Waals surface area contributed by atoms with Crippen molar-refractivity contribution in [3.8, 4) is 5.69 Å². The zero-order valence-electron chi connectivity index (χ0n) is 11.8. The van der Waals surface area contributed by atoms with E-state index in [9.17, 15) is 4.39 Å². The Hall–Kier alpha value is -1.40. The van der Waals surface area contributed by atoms with Crippen molar-refractivity contribution in [2.24, 2.45) is 7.05 Å². The molecule has 3 rings (SSSR count). The SMILES string of the molecule is Cc1cc(Br)c(F)cc1-n1c(CCl)nc2c(C)nn(C)c21. The molecule has 0 bridgehead atoms. The van der Waals surface area contributed by atoms with Crippen molar-refractivity contribution < 1.29 is 4.39 Å². The van der Waals surface area contributed by atoms with Crippen LogP contribution in [0.1, 0.15) is 17.1 Å². The first-order valence-electron chi connectivity index (χ1n) is 6.37. The van der Waals surface area contributed by atoms with Crippen LogP contribution in [0.2, 0.25) is 0 Å². The average molecular weight is 372 g/mol. The van der Waals surface area contributed by atoms with Gasteiger partial charge in [0.1, 0.15) is 17.2 Å². The largest absolute Gasteiger partial charge is 0.280 e. The number of alkyl halides is 1. The summed E-state index contributed by atoms with van der Waals surface area (Å²) in [7, 11) is 1.84. The number of aromatic nitrogens is 4. The lowest BCUT2D eigenvalue weighted by atomic mass is 10.2. The predicted molar refractivity (Wildman–Crippen MR) is 84.5 cm³/mol. The van der Waals surface area contributed by atoms with Gasteiger partial charge in [-0.05, 0) is 47.5 Å². The van der Waals surface area contributed by atoms with Crippen molar-refractivity contribution in [2.75, 3.05) is 0 Å². The fourth-order valence-corrected chi connectivity index (χ4v) is 3.17. The fraction of sp³-hybridized carbons (Fsp3) is 0.286. The highest BCUT2D eigenvalue weighted by Crippen LogP contribution is 2.29. The van der Waals surface area contributed by atoms with Gasteiger partial charge < -0.3 is 0 Å². The normalized spacial score (nSPS) is 11.5. The van der Waals surface area contributed by atoms with E-state index in [4.69, 9.17) is 11.6 Å². The third-order valence-electron chi connectivity index (χ3n) is 3.47. The molecular weight excluding hydrogens is 359 g/mol. The first-order valence-corrected chi connectivity index (χ1v) is 7.69. The molecule has 0 spiro atoms. The number of hydrogen-bond acceptors (Lipinski definition) is 2. The molecule has 2 aromatic heterocycles. The second-order valence-corrected chi connectivity index (χ2v) is 6.05. The minimum absolute atomic E-state index is 0.241. The molecule has 0 fully saturated rings. The molecule has 0 aliphatic carbocycles. The van der Waals surface area contributed by atoms with Crippen molar-refractivity contribution >= 4 is 38.7 Å². The molecule has 0 saturated heterocycles. The Morgan fingerprint density at radius 1 is 1.33 bits per heavy atom. The molecule has 110 valence electrons. The fourth-order valence-electron chi connectivity index (χ4n) is 2.54. The van der Waals surface area contributed by atoms with E-state index in [1.165, 1.54) is 6.07 Å². The highest BCUT2D eigenvalue weighted by Gasteiger charge is 2.20. The van der Waals surface area contributed by atoms with E-state index < -0.39 is 0 Å². The summed E-state index contributed by atoms with van der Waals surface area (Å²) >= 11 is 9.23. The van der Waals surface area contributed by atoms with Crippen LogP contribution in [0.5, 0.6) is 0 Å². The number of halogens is 3. The minimum Gasteiger partial charge on any atom is -0.280 e. The minimum atomic E-state index is -0.322. The number of fused-ring (bicyclic) bond motifs is 1. The average Bonchev–Trinajstić information content (AvgIpc) is 2.93. The van der Waals surface area contributed by atoms with E-state index in [-0.39, 0.29) is 11.7 Å². The molecule has 0 atom stereocenters. The van der Waals surface area contributed by atoms with E-state index in [1.54, 1.807) is 10.7 Å². The summed E-state index contributed by atoms with van der Waals surface area (Å²) in [6.07, 6.45) is 0. The summed E-state index contributed by atoms with van der Waals surface area (Å²) in [4.78, 5) is 4.53. The van der Waals surface area contributed by atoms with Gasteiger partial charge in [0, 0.05) is 7.05 Å². The van der Waals surface area contributed by atoms with E-state index >= 15 is 0 Å². The first kappa shape index (κ1) is 14.5. The molecule has 0 N–H and O–H groups in total. The topological polar surface area (TPSA) is 35.6 Å². The van der Waals surface area contributed by atoms with Crippen LogP contribution in [-0.2, 0) is 12.9 Å². The molecule has 21 heavy (non-hydrogen) atoms. The van der Waals surface area contributed by atoms with Gasteiger partial charge in [0.25, 0.3) is 0 Å². The Labute approximate surface area is 134 Å². The van der Waals surface area contributed by atoms with Gasteiger partial charge in [-0.25, -0.2) is 14.1 Å². The first-order chi connectivity index (χ1) is 9.93. The standard InChI is InChI=1S/C14H13BrClFN4/c1-7-4-9(15)10(17)5-11(7)21-12(6-16)18-13-8(2)19-20(3)14(13)21/h4-5H,6H2,1-3H3. The van der Waals surface area contributed by atoms with Crippen molar-refractivity contribution in [3.05, 3.63) is 39.5 Å². The van der Waals surface area contributed by atoms with Crippen LogP contribution in [0.3, 0.4) is 0 Å². The van der Waals surface area contributed by atoms with E-state index in [1.807, 2.05) is 25.5 Å². The monoisotopic (exact) mass is 370 g/mol. The van der Waals surface area contributed by atoms with Crippen molar-refractivity contribution in [3.63, 3.8) is 0 Å². The lowest BCUT2D eigenvalue weighted by Crippen LogP contribution is -2.06. The molecular formula is C14H13BrClFN4. The molecule has 0 unspecified atom stereocenters. The van der Waals surface area contributed by atoms with Crippen LogP contribution in [-0.4, -0.2) is 19.3 Å². The Morgan fingerprint density at radius 3 is 2.71 bits per heavy atom. The summed E-state index contributed by atoms with van der Waals surface area (Å²) in [6, 6.07) is 3.23. The lowest BCUT2D eigenvalue weighted by molar-refractivity contribution is 0.619. The maximum atomic E-state index is 14.0. The maximum absolute atomic E-state index is 14.0. The highest BCUT2D eigenvalue weighted by molar-refractivity contribution is 9.10. The summed E-state index contributed by atoms with van der Waals surface area (Å²) in [5.74, 6) is 0.593. The molecule has 0 radical (unpaired) electrons. The third-order valence-corrected chi connectivity index (χ3v) is 4.32. The van der Waals surface area contributed by atoms with E-state index in [0.717, 1.165) is 28.1 Å².